The van der Waals surface area contributed by atoms with Gasteiger partial charge in [0, 0.05) is 16.7 Å². The first-order valence-electron chi connectivity index (χ1n) is 6.75. The van der Waals surface area contributed by atoms with Crippen molar-refractivity contribution in [2.45, 2.75) is 31.9 Å². The van der Waals surface area contributed by atoms with Gasteiger partial charge in [0.25, 0.3) is 5.91 Å². The van der Waals surface area contributed by atoms with E-state index in [-0.39, 0.29) is 23.9 Å². The molecule has 0 radical (unpaired) electrons. The lowest BCUT2D eigenvalue weighted by molar-refractivity contribution is 0.0714. The number of hydrogen-bond acceptors (Lipinski definition) is 3. The van der Waals surface area contributed by atoms with Gasteiger partial charge in [-0.25, -0.2) is 4.39 Å². The number of hydrogen-bond donors (Lipinski definition) is 1. The summed E-state index contributed by atoms with van der Waals surface area (Å²) in [7, 11) is 0. The fourth-order valence-corrected chi connectivity index (χ4v) is 3.48. The highest BCUT2D eigenvalue weighted by Gasteiger charge is 2.24. The molecule has 2 aromatic rings. The predicted molar refractivity (Wildman–Crippen MR) is 77.7 cm³/mol. The van der Waals surface area contributed by atoms with Gasteiger partial charge in [-0.1, -0.05) is 6.07 Å². The Hall–Kier alpha value is -1.46. The molecule has 2 atom stereocenters. The molecular formula is C15H16FNO2S. The molecule has 1 aliphatic heterocycles. The number of benzene rings is 1. The van der Waals surface area contributed by atoms with Gasteiger partial charge < -0.3 is 10.1 Å². The van der Waals surface area contributed by atoms with Crippen LogP contribution in [0, 0.1) is 5.82 Å². The summed E-state index contributed by atoms with van der Waals surface area (Å²) in [5, 5.41) is 3.45. The van der Waals surface area contributed by atoms with Crippen molar-refractivity contribution in [3.63, 3.8) is 0 Å². The van der Waals surface area contributed by atoms with Crippen LogP contribution in [0.1, 0.15) is 29.4 Å². The smallest absolute Gasteiger partial charge is 0.261 e. The third-order valence-electron chi connectivity index (χ3n) is 3.61. The summed E-state index contributed by atoms with van der Waals surface area (Å²) < 4.78 is 20.0. The molecule has 5 heteroatoms. The van der Waals surface area contributed by atoms with Crippen molar-refractivity contribution in [3.8, 4) is 0 Å². The Balaban J connectivity index is 1.76. The van der Waals surface area contributed by atoms with E-state index in [0.717, 1.165) is 24.1 Å². The Bertz CT molecular complexity index is 634. The zero-order chi connectivity index (χ0) is 14.1. The molecule has 3 nitrogen and oxygen atoms in total. The van der Waals surface area contributed by atoms with Gasteiger partial charge in [0.15, 0.2) is 0 Å². The molecule has 3 rings (SSSR count). The third kappa shape index (κ3) is 2.55. The van der Waals surface area contributed by atoms with Crippen LogP contribution in [-0.2, 0) is 4.74 Å². The van der Waals surface area contributed by atoms with Crippen LogP contribution >= 0.6 is 11.3 Å². The van der Waals surface area contributed by atoms with E-state index in [1.807, 2.05) is 13.0 Å². The van der Waals surface area contributed by atoms with Crippen LogP contribution in [0.2, 0.25) is 0 Å². The van der Waals surface area contributed by atoms with E-state index in [9.17, 15) is 9.18 Å². The van der Waals surface area contributed by atoms with Crippen LogP contribution in [0.15, 0.2) is 24.3 Å². The first kappa shape index (κ1) is 13.5. The fraction of sp³-hybridized carbons (Fsp3) is 0.400. The predicted octanol–water partition coefficient (Wildman–Crippen LogP) is 3.34. The molecule has 0 bridgehead atoms. The van der Waals surface area contributed by atoms with Crippen LogP contribution < -0.4 is 5.32 Å². The lowest BCUT2D eigenvalue weighted by Gasteiger charge is -2.19. The van der Waals surface area contributed by atoms with Crippen molar-refractivity contribution >= 4 is 27.3 Å². The summed E-state index contributed by atoms with van der Waals surface area (Å²) in [5.74, 6) is -0.446. The summed E-state index contributed by atoms with van der Waals surface area (Å²) in [5.41, 5.74) is 0. The van der Waals surface area contributed by atoms with Crippen molar-refractivity contribution in [2.75, 3.05) is 6.61 Å². The molecule has 106 valence electrons. The number of halogens is 1. The molecule has 20 heavy (non-hydrogen) atoms. The minimum Gasteiger partial charge on any atom is -0.376 e. The highest BCUT2D eigenvalue weighted by Crippen LogP contribution is 2.27. The SMILES string of the molecule is C[C@@H](NC(=O)c1cc2c(F)cccc2s1)[C@H]1CCCO1. The van der Waals surface area contributed by atoms with Crippen molar-refractivity contribution < 1.29 is 13.9 Å². The first-order valence-corrected chi connectivity index (χ1v) is 7.57. The summed E-state index contributed by atoms with van der Waals surface area (Å²) in [4.78, 5) is 12.8. The monoisotopic (exact) mass is 293 g/mol. The van der Waals surface area contributed by atoms with E-state index in [0.29, 0.717) is 10.3 Å². The molecule has 0 unspecified atom stereocenters. The number of carbonyl (C=O) groups excluding carboxylic acids is 1. The molecular weight excluding hydrogens is 277 g/mol. The van der Waals surface area contributed by atoms with Gasteiger partial charge in [0.05, 0.1) is 17.0 Å². The Kier molecular flexibility index (Phi) is 3.72. The van der Waals surface area contributed by atoms with Crippen LogP contribution in [0.4, 0.5) is 4.39 Å². The van der Waals surface area contributed by atoms with E-state index in [1.165, 1.54) is 17.4 Å². The molecule has 0 saturated carbocycles. The van der Waals surface area contributed by atoms with Crippen LogP contribution in [0.5, 0.6) is 0 Å². The molecule has 2 heterocycles. The van der Waals surface area contributed by atoms with Crippen LogP contribution in [-0.4, -0.2) is 24.7 Å². The molecule has 1 saturated heterocycles. The van der Waals surface area contributed by atoms with Crippen molar-refractivity contribution in [1.82, 2.24) is 5.32 Å². The van der Waals surface area contributed by atoms with Crippen molar-refractivity contribution in [2.24, 2.45) is 0 Å². The number of nitrogens with one attached hydrogen (secondary N) is 1. The number of fused-ring (bicyclic) bond motifs is 1. The molecule has 0 aliphatic carbocycles. The van der Waals surface area contributed by atoms with E-state index < -0.39 is 0 Å². The molecule has 0 spiro atoms. The van der Waals surface area contributed by atoms with Crippen LogP contribution in [0.25, 0.3) is 10.1 Å². The van der Waals surface area contributed by atoms with Gasteiger partial charge in [-0.3, -0.25) is 4.79 Å². The average molecular weight is 293 g/mol. The van der Waals surface area contributed by atoms with Crippen molar-refractivity contribution in [3.05, 3.63) is 35.0 Å². The molecule has 1 aliphatic rings. The summed E-state index contributed by atoms with van der Waals surface area (Å²) >= 11 is 1.31. The van der Waals surface area contributed by atoms with Gasteiger partial charge in [0.2, 0.25) is 0 Å². The first-order chi connectivity index (χ1) is 9.65. The maximum atomic E-state index is 13.6. The fourth-order valence-electron chi connectivity index (χ4n) is 2.50. The topological polar surface area (TPSA) is 38.3 Å². The maximum Gasteiger partial charge on any atom is 0.261 e. The van der Waals surface area contributed by atoms with E-state index in [4.69, 9.17) is 4.74 Å². The number of thiophene rings is 1. The Morgan fingerprint density at radius 3 is 3.10 bits per heavy atom. The zero-order valence-electron chi connectivity index (χ0n) is 11.2. The number of carbonyl (C=O) groups is 1. The Labute approximate surface area is 120 Å². The highest BCUT2D eigenvalue weighted by atomic mass is 32.1. The molecule has 1 fully saturated rings. The van der Waals surface area contributed by atoms with E-state index in [2.05, 4.69) is 5.32 Å². The number of rotatable bonds is 3. The van der Waals surface area contributed by atoms with E-state index in [1.54, 1.807) is 12.1 Å². The quantitative estimate of drug-likeness (QED) is 0.942. The number of amides is 1. The minimum atomic E-state index is -0.287. The second kappa shape index (κ2) is 5.50. The largest absolute Gasteiger partial charge is 0.376 e. The van der Waals surface area contributed by atoms with E-state index >= 15 is 0 Å². The Morgan fingerprint density at radius 2 is 2.40 bits per heavy atom. The van der Waals surface area contributed by atoms with Crippen LogP contribution in [0.3, 0.4) is 0 Å². The molecule has 1 amide bonds. The third-order valence-corrected chi connectivity index (χ3v) is 4.71. The van der Waals surface area contributed by atoms with Gasteiger partial charge in [0.1, 0.15) is 5.82 Å². The summed E-state index contributed by atoms with van der Waals surface area (Å²) in [6.45, 7) is 2.71. The van der Waals surface area contributed by atoms with Crippen molar-refractivity contribution in [1.29, 1.82) is 0 Å². The molecule has 1 aromatic carbocycles. The van der Waals surface area contributed by atoms with Gasteiger partial charge in [-0.2, -0.15) is 0 Å². The Morgan fingerprint density at radius 1 is 1.55 bits per heavy atom. The lowest BCUT2D eigenvalue weighted by atomic mass is 10.1. The van der Waals surface area contributed by atoms with Gasteiger partial charge >= 0.3 is 0 Å². The zero-order valence-corrected chi connectivity index (χ0v) is 12.0. The lowest BCUT2D eigenvalue weighted by Crippen LogP contribution is -2.40. The highest BCUT2D eigenvalue weighted by molar-refractivity contribution is 7.20. The normalized spacial score (nSPS) is 20.2. The van der Waals surface area contributed by atoms with Gasteiger partial charge in [-0.05, 0) is 38.0 Å². The summed E-state index contributed by atoms with van der Waals surface area (Å²) in [6.07, 6.45) is 2.10. The van der Waals surface area contributed by atoms with Gasteiger partial charge in [-0.15, -0.1) is 11.3 Å². The summed E-state index contributed by atoms with van der Waals surface area (Å²) in [6, 6.07) is 6.48. The second-order valence-corrected chi connectivity index (χ2v) is 6.16. The molecule has 1 aromatic heterocycles. The minimum absolute atomic E-state index is 0.0277. The molecule has 1 N–H and O–H groups in total. The maximum absolute atomic E-state index is 13.6. The second-order valence-electron chi connectivity index (χ2n) is 5.08. The average Bonchev–Trinajstić information content (AvgIpc) is 3.08. The number of ether oxygens (including phenoxy) is 1. The standard InChI is InChI=1S/C15H16FNO2S/c1-9(12-5-3-7-19-12)17-15(18)14-8-10-11(16)4-2-6-13(10)20-14/h2,4,6,8-9,12H,3,5,7H2,1H3,(H,17,18)/t9-,12-/m1/s1.